The van der Waals surface area contributed by atoms with Crippen molar-refractivity contribution in [1.82, 2.24) is 15.0 Å². The minimum Gasteiger partial charge on any atom is -0.347 e. The highest BCUT2D eigenvalue weighted by Crippen LogP contribution is 2.32. The molecule has 0 spiro atoms. The van der Waals surface area contributed by atoms with Gasteiger partial charge in [-0.05, 0) is 72.0 Å². The third kappa shape index (κ3) is 8.49. The van der Waals surface area contributed by atoms with Crippen LogP contribution in [0.15, 0.2) is 87.8 Å². The second-order valence-corrected chi connectivity index (χ2v) is 15.6. The van der Waals surface area contributed by atoms with E-state index in [2.05, 4.69) is 10.0 Å². The average molecular weight is 695 g/mol. The van der Waals surface area contributed by atoms with Gasteiger partial charge in [-0.25, -0.2) is 18.1 Å². The lowest BCUT2D eigenvalue weighted by Crippen LogP contribution is -2.30. The molecular weight excluding hydrogens is 672 g/mol. The van der Waals surface area contributed by atoms with Gasteiger partial charge in [0, 0.05) is 20.8 Å². The molecule has 5 aromatic rings. The SMILES string of the molecule is O=C(NCc1ccc(S(=O)(=O)N[C@@H](Cc2ccc(NS(=O)(=O)O)cc2)c2csc(-c3cccs3)n2)s1)c1ccc(Cl)cc1. The topological polar surface area (TPSA) is 155 Å². The first-order chi connectivity index (χ1) is 20.4. The van der Waals surface area contributed by atoms with E-state index in [1.807, 2.05) is 27.6 Å². The zero-order valence-electron chi connectivity index (χ0n) is 21.9. The molecule has 5 rings (SSSR count). The van der Waals surface area contributed by atoms with Gasteiger partial charge in [0.05, 0.1) is 28.8 Å². The standard InChI is InChI=1S/C27H23ClN4O6S5/c28-19-7-5-18(6-8-19)26(33)29-15-21-11-12-25(41-21)42(34,35)32-22(23-16-40-27(30-23)24-2-1-13-39-24)14-17-3-9-20(10-4-17)31-43(36,37)38/h1-13,16,22,31-32H,14-15H2,(H,29,33)(H,36,37,38)/t22-/m0/s1. The number of halogens is 1. The molecule has 0 saturated carbocycles. The molecule has 16 heteroatoms. The van der Waals surface area contributed by atoms with Gasteiger partial charge in [-0.1, -0.05) is 29.8 Å². The fraction of sp³-hybridized carbons (Fsp3) is 0.111. The smallest absolute Gasteiger partial charge is 0.347 e. The second kappa shape index (κ2) is 13.2. The predicted octanol–water partition coefficient (Wildman–Crippen LogP) is 5.99. The number of thiophene rings is 2. The first-order valence-electron chi connectivity index (χ1n) is 12.4. The molecule has 0 radical (unpaired) electrons. The van der Waals surface area contributed by atoms with E-state index in [0.29, 0.717) is 26.7 Å². The fourth-order valence-corrected chi connectivity index (χ4v) is 8.74. The van der Waals surface area contributed by atoms with Gasteiger partial charge in [-0.3, -0.25) is 14.1 Å². The molecule has 3 heterocycles. The molecule has 43 heavy (non-hydrogen) atoms. The van der Waals surface area contributed by atoms with Crippen molar-refractivity contribution in [3.63, 3.8) is 0 Å². The number of thiazole rings is 1. The molecule has 0 saturated heterocycles. The normalized spacial score (nSPS) is 12.6. The van der Waals surface area contributed by atoms with Crippen molar-refractivity contribution in [2.24, 2.45) is 0 Å². The third-order valence-electron chi connectivity index (χ3n) is 5.98. The number of aromatic nitrogens is 1. The molecule has 2 aromatic carbocycles. The van der Waals surface area contributed by atoms with Crippen LogP contribution in [-0.4, -0.2) is 32.3 Å². The van der Waals surface area contributed by atoms with E-state index >= 15 is 0 Å². The molecule has 0 aliphatic carbocycles. The Morgan fingerprint density at radius 2 is 1.70 bits per heavy atom. The summed E-state index contributed by atoms with van der Waals surface area (Å²) in [6.07, 6.45) is 0.217. The maximum atomic E-state index is 13.5. The molecule has 0 unspecified atom stereocenters. The number of amides is 1. The summed E-state index contributed by atoms with van der Waals surface area (Å²) in [4.78, 5) is 18.8. The number of nitrogens with one attached hydrogen (secondary N) is 3. The van der Waals surface area contributed by atoms with Gasteiger partial charge in [-0.2, -0.15) is 8.42 Å². The van der Waals surface area contributed by atoms with Crippen molar-refractivity contribution in [3.8, 4) is 9.88 Å². The van der Waals surface area contributed by atoms with E-state index in [0.717, 1.165) is 21.2 Å². The molecular formula is C27H23ClN4O6S5. The van der Waals surface area contributed by atoms with Crippen LogP contribution in [0.2, 0.25) is 5.02 Å². The Balaban J connectivity index is 1.33. The van der Waals surface area contributed by atoms with Gasteiger partial charge in [0.15, 0.2) is 0 Å². The first-order valence-corrected chi connectivity index (χ1v) is 18.3. The summed E-state index contributed by atoms with van der Waals surface area (Å²) in [5, 5.41) is 7.80. The lowest BCUT2D eigenvalue weighted by atomic mass is 10.0. The summed E-state index contributed by atoms with van der Waals surface area (Å²) in [6.45, 7) is 0.144. The average Bonchev–Trinajstić information content (AvgIpc) is 3.74. The molecule has 4 N–H and O–H groups in total. The Morgan fingerprint density at radius 3 is 2.37 bits per heavy atom. The van der Waals surface area contributed by atoms with E-state index in [-0.39, 0.29) is 28.8 Å². The number of nitrogens with zero attached hydrogens (tertiary/aromatic N) is 1. The highest BCUT2D eigenvalue weighted by atomic mass is 35.5. The van der Waals surface area contributed by atoms with Crippen LogP contribution >= 0.6 is 45.6 Å². The van der Waals surface area contributed by atoms with Crippen LogP contribution in [0.1, 0.15) is 32.5 Å². The summed E-state index contributed by atoms with van der Waals surface area (Å²) in [7, 11) is -8.42. The summed E-state index contributed by atoms with van der Waals surface area (Å²) >= 11 is 9.85. The van der Waals surface area contributed by atoms with Crippen molar-refractivity contribution in [2.75, 3.05) is 4.72 Å². The molecule has 1 atom stereocenters. The van der Waals surface area contributed by atoms with Crippen LogP contribution in [-0.2, 0) is 33.3 Å². The van der Waals surface area contributed by atoms with Crippen molar-refractivity contribution >= 4 is 77.5 Å². The van der Waals surface area contributed by atoms with Gasteiger partial charge in [0.25, 0.3) is 15.9 Å². The first kappa shape index (κ1) is 31.3. The van der Waals surface area contributed by atoms with Crippen molar-refractivity contribution < 1.29 is 26.2 Å². The van der Waals surface area contributed by atoms with Crippen LogP contribution < -0.4 is 14.8 Å². The summed E-state index contributed by atoms with van der Waals surface area (Å²) in [5.74, 6) is -0.310. The molecule has 10 nitrogen and oxygen atoms in total. The van der Waals surface area contributed by atoms with E-state index < -0.39 is 26.4 Å². The maximum Gasteiger partial charge on any atom is 0.357 e. The predicted molar refractivity (Wildman–Crippen MR) is 171 cm³/mol. The molecule has 0 aliphatic rings. The Kier molecular flexibility index (Phi) is 9.63. The Labute approximate surface area is 265 Å². The lowest BCUT2D eigenvalue weighted by Gasteiger charge is -2.17. The molecule has 0 aliphatic heterocycles. The number of carbonyl (C=O) groups excluding carboxylic acids is 1. The van der Waals surface area contributed by atoms with Gasteiger partial charge in [0.1, 0.15) is 9.22 Å². The number of anilines is 1. The monoisotopic (exact) mass is 694 g/mol. The molecule has 1 amide bonds. The Morgan fingerprint density at radius 1 is 0.953 bits per heavy atom. The number of hydrogen-bond donors (Lipinski definition) is 4. The van der Waals surface area contributed by atoms with Crippen molar-refractivity contribution in [1.29, 1.82) is 0 Å². The Hall–Kier alpha value is -3.15. The fourth-order valence-electron chi connectivity index (χ4n) is 3.97. The minimum absolute atomic E-state index is 0.0784. The summed E-state index contributed by atoms with van der Waals surface area (Å²) in [6, 6.07) is 18.9. The van der Waals surface area contributed by atoms with E-state index in [4.69, 9.17) is 21.1 Å². The quantitative estimate of drug-likeness (QED) is 0.117. The molecule has 224 valence electrons. The number of benzene rings is 2. The number of rotatable bonds is 12. The van der Waals surface area contributed by atoms with Crippen LogP contribution in [0.25, 0.3) is 9.88 Å². The number of carbonyl (C=O) groups is 1. The zero-order valence-corrected chi connectivity index (χ0v) is 26.8. The maximum absolute atomic E-state index is 13.5. The number of hydrogen-bond acceptors (Lipinski definition) is 9. The highest BCUT2D eigenvalue weighted by Gasteiger charge is 2.26. The van der Waals surface area contributed by atoms with Crippen LogP contribution in [0.5, 0.6) is 0 Å². The van der Waals surface area contributed by atoms with Gasteiger partial charge in [0.2, 0.25) is 0 Å². The Bertz CT molecular complexity index is 1920. The molecule has 0 fully saturated rings. The molecule has 0 bridgehead atoms. The van der Waals surface area contributed by atoms with Gasteiger partial charge < -0.3 is 5.32 Å². The third-order valence-corrected chi connectivity index (χ3v) is 11.7. The van der Waals surface area contributed by atoms with Crippen molar-refractivity contribution in [3.05, 3.63) is 110 Å². The zero-order chi connectivity index (χ0) is 30.6. The van der Waals surface area contributed by atoms with Gasteiger partial charge in [-0.15, -0.1) is 34.0 Å². The largest absolute Gasteiger partial charge is 0.357 e. The number of sulfonamides is 1. The van der Waals surface area contributed by atoms with Gasteiger partial charge >= 0.3 is 10.3 Å². The second-order valence-electron chi connectivity index (χ2n) is 9.12. The molecule has 3 aromatic heterocycles. The van der Waals surface area contributed by atoms with E-state index in [9.17, 15) is 21.6 Å². The summed E-state index contributed by atoms with van der Waals surface area (Å²) < 4.78 is 63.2. The van der Waals surface area contributed by atoms with Crippen molar-refractivity contribution in [2.45, 2.75) is 23.2 Å². The highest BCUT2D eigenvalue weighted by molar-refractivity contribution is 7.91. The van der Waals surface area contributed by atoms with Crippen LogP contribution in [0.3, 0.4) is 0 Å². The van der Waals surface area contributed by atoms with E-state index in [1.165, 1.54) is 40.9 Å². The lowest BCUT2D eigenvalue weighted by molar-refractivity contribution is 0.0951. The van der Waals surface area contributed by atoms with Crippen LogP contribution in [0, 0.1) is 0 Å². The minimum atomic E-state index is -4.43. The van der Waals surface area contributed by atoms with E-state index in [1.54, 1.807) is 42.5 Å². The summed E-state index contributed by atoms with van der Waals surface area (Å²) in [5.41, 5.74) is 1.83. The van der Waals surface area contributed by atoms with Crippen LogP contribution in [0.4, 0.5) is 5.69 Å².